The van der Waals surface area contributed by atoms with E-state index in [-0.39, 0.29) is 5.63 Å². The van der Waals surface area contributed by atoms with Crippen molar-refractivity contribution in [3.8, 4) is 17.2 Å². The SMILES string of the molecule is Cc1[nH]c2cc(-c3ccc(C#N)cc3)c3oc(=O)ccc3c2c1C. The van der Waals surface area contributed by atoms with Crippen molar-refractivity contribution in [1.82, 2.24) is 4.98 Å². The molecule has 4 heteroatoms. The van der Waals surface area contributed by atoms with E-state index in [4.69, 9.17) is 9.68 Å². The van der Waals surface area contributed by atoms with Gasteiger partial charge in [-0.05, 0) is 49.2 Å². The van der Waals surface area contributed by atoms with Gasteiger partial charge in [-0.25, -0.2) is 4.79 Å². The molecule has 0 atom stereocenters. The number of aryl methyl sites for hydroxylation is 2. The average Bonchev–Trinajstić information content (AvgIpc) is 2.88. The first kappa shape index (κ1) is 14.3. The summed E-state index contributed by atoms with van der Waals surface area (Å²) in [5, 5.41) is 11.0. The first-order valence-electron chi connectivity index (χ1n) is 7.65. The van der Waals surface area contributed by atoms with E-state index in [2.05, 4.69) is 18.0 Å². The van der Waals surface area contributed by atoms with Gasteiger partial charge in [0.1, 0.15) is 5.58 Å². The third kappa shape index (κ3) is 2.03. The van der Waals surface area contributed by atoms with Crippen molar-refractivity contribution >= 4 is 21.9 Å². The molecule has 0 saturated carbocycles. The number of rotatable bonds is 1. The van der Waals surface area contributed by atoms with Crippen LogP contribution >= 0.6 is 0 Å². The Hall–Kier alpha value is -3.32. The fourth-order valence-electron chi connectivity index (χ4n) is 3.17. The highest BCUT2D eigenvalue weighted by atomic mass is 16.4. The summed E-state index contributed by atoms with van der Waals surface area (Å²) in [5.41, 5.74) is 5.78. The number of aromatic amines is 1. The van der Waals surface area contributed by atoms with E-state index in [1.807, 2.05) is 31.2 Å². The zero-order valence-electron chi connectivity index (χ0n) is 13.3. The molecule has 0 spiro atoms. The predicted octanol–water partition coefficient (Wildman–Crippen LogP) is 4.43. The van der Waals surface area contributed by atoms with Crippen LogP contribution in [0.4, 0.5) is 0 Å². The monoisotopic (exact) mass is 314 g/mol. The summed E-state index contributed by atoms with van der Waals surface area (Å²) in [5.74, 6) is 0. The fraction of sp³-hybridized carbons (Fsp3) is 0.100. The number of nitriles is 1. The normalized spacial score (nSPS) is 11.0. The van der Waals surface area contributed by atoms with E-state index >= 15 is 0 Å². The van der Waals surface area contributed by atoms with Crippen LogP contribution < -0.4 is 5.63 Å². The van der Waals surface area contributed by atoms with Crippen molar-refractivity contribution in [3.05, 3.63) is 69.7 Å². The van der Waals surface area contributed by atoms with Gasteiger partial charge < -0.3 is 9.40 Å². The van der Waals surface area contributed by atoms with Gasteiger partial charge >= 0.3 is 5.63 Å². The second-order valence-electron chi connectivity index (χ2n) is 5.91. The van der Waals surface area contributed by atoms with Crippen LogP contribution in [0.25, 0.3) is 33.0 Å². The molecule has 0 radical (unpaired) electrons. The minimum absolute atomic E-state index is 0.373. The van der Waals surface area contributed by atoms with Crippen molar-refractivity contribution in [2.75, 3.05) is 0 Å². The fourth-order valence-corrected chi connectivity index (χ4v) is 3.17. The number of nitrogens with one attached hydrogen (secondary N) is 1. The molecule has 24 heavy (non-hydrogen) atoms. The predicted molar refractivity (Wildman–Crippen MR) is 94.0 cm³/mol. The zero-order valence-corrected chi connectivity index (χ0v) is 13.3. The van der Waals surface area contributed by atoms with Gasteiger partial charge in [0, 0.05) is 33.6 Å². The molecule has 2 aromatic carbocycles. The molecule has 116 valence electrons. The van der Waals surface area contributed by atoms with E-state index in [0.29, 0.717) is 11.1 Å². The van der Waals surface area contributed by atoms with E-state index in [1.165, 1.54) is 6.07 Å². The van der Waals surface area contributed by atoms with Crippen molar-refractivity contribution in [2.24, 2.45) is 0 Å². The van der Waals surface area contributed by atoms with Gasteiger partial charge in [-0.15, -0.1) is 0 Å². The topological polar surface area (TPSA) is 69.8 Å². The number of H-pyrrole nitrogens is 1. The molecule has 0 aliphatic heterocycles. The Kier molecular flexibility index (Phi) is 3.04. The van der Waals surface area contributed by atoms with E-state index in [1.54, 1.807) is 12.1 Å². The molecule has 0 fully saturated rings. The molecule has 4 aromatic rings. The van der Waals surface area contributed by atoms with Crippen molar-refractivity contribution in [3.63, 3.8) is 0 Å². The van der Waals surface area contributed by atoms with E-state index in [0.717, 1.165) is 38.7 Å². The summed E-state index contributed by atoms with van der Waals surface area (Å²) in [6.07, 6.45) is 0. The van der Waals surface area contributed by atoms with Gasteiger partial charge in [0.2, 0.25) is 0 Å². The molecule has 1 N–H and O–H groups in total. The van der Waals surface area contributed by atoms with Crippen molar-refractivity contribution in [1.29, 1.82) is 5.26 Å². The van der Waals surface area contributed by atoms with Crippen LogP contribution in [0.15, 0.2) is 51.7 Å². The number of nitrogens with zero attached hydrogens (tertiary/aromatic N) is 1. The molecule has 4 rings (SSSR count). The molecule has 0 aliphatic carbocycles. The maximum atomic E-state index is 11.8. The molecule has 0 unspecified atom stereocenters. The smallest absolute Gasteiger partial charge is 0.336 e. The Balaban J connectivity index is 2.15. The van der Waals surface area contributed by atoms with Crippen LogP contribution in [0.2, 0.25) is 0 Å². The average molecular weight is 314 g/mol. The lowest BCUT2D eigenvalue weighted by Gasteiger charge is -2.08. The van der Waals surface area contributed by atoms with Gasteiger partial charge in [0.25, 0.3) is 0 Å². The summed E-state index contributed by atoms with van der Waals surface area (Å²) < 4.78 is 5.54. The highest BCUT2D eigenvalue weighted by Gasteiger charge is 2.15. The Morgan fingerprint density at radius 3 is 2.54 bits per heavy atom. The van der Waals surface area contributed by atoms with E-state index < -0.39 is 0 Å². The number of benzene rings is 2. The Bertz CT molecular complexity index is 1190. The lowest BCUT2D eigenvalue weighted by molar-refractivity contribution is 0.562. The third-order valence-corrected chi connectivity index (χ3v) is 4.49. The van der Waals surface area contributed by atoms with Crippen molar-refractivity contribution in [2.45, 2.75) is 13.8 Å². The molecule has 0 amide bonds. The van der Waals surface area contributed by atoms with Gasteiger partial charge in [-0.1, -0.05) is 12.1 Å². The number of hydrogen-bond donors (Lipinski definition) is 1. The highest BCUT2D eigenvalue weighted by molar-refractivity contribution is 6.12. The van der Waals surface area contributed by atoms with Gasteiger partial charge in [-0.3, -0.25) is 0 Å². The highest BCUT2D eigenvalue weighted by Crippen LogP contribution is 2.36. The summed E-state index contributed by atoms with van der Waals surface area (Å²) in [6.45, 7) is 4.09. The molecule has 0 aliphatic rings. The van der Waals surface area contributed by atoms with E-state index in [9.17, 15) is 4.79 Å². The molecule has 0 bridgehead atoms. The summed E-state index contributed by atoms with van der Waals surface area (Å²) in [6, 6.07) is 14.6. The molecule has 4 nitrogen and oxygen atoms in total. The Labute approximate surface area is 138 Å². The third-order valence-electron chi connectivity index (χ3n) is 4.49. The lowest BCUT2D eigenvalue weighted by Crippen LogP contribution is -1.96. The first-order chi connectivity index (χ1) is 11.6. The molecule has 2 aromatic heterocycles. The number of hydrogen-bond acceptors (Lipinski definition) is 3. The minimum atomic E-state index is -0.373. The summed E-state index contributed by atoms with van der Waals surface area (Å²) in [7, 11) is 0. The quantitative estimate of drug-likeness (QED) is 0.528. The second-order valence-corrected chi connectivity index (χ2v) is 5.91. The molecule has 0 saturated heterocycles. The molecular weight excluding hydrogens is 300 g/mol. The summed E-state index contributed by atoms with van der Waals surface area (Å²) >= 11 is 0. The second kappa shape index (κ2) is 5.10. The lowest BCUT2D eigenvalue weighted by atomic mass is 9.98. The first-order valence-corrected chi connectivity index (χ1v) is 7.65. The maximum absolute atomic E-state index is 11.8. The Morgan fingerprint density at radius 1 is 1.08 bits per heavy atom. The Morgan fingerprint density at radius 2 is 1.83 bits per heavy atom. The largest absolute Gasteiger partial charge is 0.422 e. The minimum Gasteiger partial charge on any atom is -0.422 e. The van der Waals surface area contributed by atoms with Gasteiger partial charge in [0.15, 0.2) is 0 Å². The van der Waals surface area contributed by atoms with Crippen LogP contribution in [0.5, 0.6) is 0 Å². The zero-order chi connectivity index (χ0) is 16.8. The molecule has 2 heterocycles. The van der Waals surface area contributed by atoms with Crippen LogP contribution in [-0.2, 0) is 0 Å². The van der Waals surface area contributed by atoms with Crippen LogP contribution in [0, 0.1) is 25.2 Å². The van der Waals surface area contributed by atoms with Crippen LogP contribution in [-0.4, -0.2) is 4.98 Å². The summed E-state index contributed by atoms with van der Waals surface area (Å²) in [4.78, 5) is 15.2. The van der Waals surface area contributed by atoms with Crippen molar-refractivity contribution < 1.29 is 4.42 Å². The van der Waals surface area contributed by atoms with Gasteiger partial charge in [-0.2, -0.15) is 5.26 Å². The standard InChI is InChI=1S/C20H14N2O2/c1-11-12(2)22-17-9-16(14-5-3-13(10-21)4-6-14)20-15(19(11)17)7-8-18(23)24-20/h3-9,22H,1-2H3. The maximum Gasteiger partial charge on any atom is 0.336 e. The van der Waals surface area contributed by atoms with Crippen LogP contribution in [0.3, 0.4) is 0 Å². The number of fused-ring (bicyclic) bond motifs is 3. The molecular formula is C20H14N2O2. The number of aromatic nitrogens is 1. The van der Waals surface area contributed by atoms with Gasteiger partial charge in [0.05, 0.1) is 11.6 Å². The van der Waals surface area contributed by atoms with Crippen LogP contribution in [0.1, 0.15) is 16.8 Å².